The van der Waals surface area contributed by atoms with Gasteiger partial charge in [-0.2, -0.15) is 0 Å². The number of carbonyl (C=O) groups excluding carboxylic acids is 1. The molecule has 150 valence electrons. The van der Waals surface area contributed by atoms with Crippen molar-refractivity contribution in [2.24, 2.45) is 4.36 Å². The molecule has 0 heterocycles. The molecule has 0 radical (unpaired) electrons. The zero-order chi connectivity index (χ0) is 19.1. The number of quaternary nitrogens is 1. The maximum absolute atomic E-state index is 12.6. The van der Waals surface area contributed by atoms with Crippen LogP contribution in [0, 0.1) is 5.21 Å². The van der Waals surface area contributed by atoms with Crippen LogP contribution in [-0.2, 0) is 20.2 Å². The summed E-state index contributed by atoms with van der Waals surface area (Å²) in [6.07, 6.45) is 0.932. The molecule has 0 aliphatic rings. The number of ether oxygens (including phenoxy) is 2. The third kappa shape index (κ3) is 9.68. The summed E-state index contributed by atoms with van der Waals surface area (Å²) in [6.45, 7) is 5.38. The first-order chi connectivity index (χ1) is 11.5. The van der Waals surface area contributed by atoms with Crippen molar-refractivity contribution in [1.29, 1.82) is 0 Å². The minimum absolute atomic E-state index is 0. The molecule has 1 rings (SSSR count). The van der Waals surface area contributed by atoms with E-state index in [1.165, 1.54) is 6.26 Å². The SMILES string of the molecule is CC(C)(C)OC(=O)N=S(C)(=O)Cc1cc([NH2+][O-])cc(OCCCO)c1.O. The largest absolute Gasteiger partial charge is 0.630 e. The number of amides is 1. The molecular weight excluding hydrogens is 364 g/mol. The lowest BCUT2D eigenvalue weighted by atomic mass is 10.2. The Morgan fingerprint density at radius 2 is 2.00 bits per heavy atom. The molecule has 10 heteroatoms. The van der Waals surface area contributed by atoms with Crippen LogP contribution in [0.4, 0.5) is 10.5 Å². The molecule has 0 saturated carbocycles. The van der Waals surface area contributed by atoms with Gasteiger partial charge >= 0.3 is 6.09 Å². The van der Waals surface area contributed by atoms with E-state index in [2.05, 4.69) is 4.36 Å². The normalized spacial score (nSPS) is 13.3. The van der Waals surface area contributed by atoms with Crippen LogP contribution in [0.5, 0.6) is 5.75 Å². The molecule has 26 heavy (non-hydrogen) atoms. The van der Waals surface area contributed by atoms with E-state index in [0.29, 0.717) is 35.5 Å². The van der Waals surface area contributed by atoms with E-state index >= 15 is 0 Å². The lowest BCUT2D eigenvalue weighted by Gasteiger charge is -2.17. The number of aliphatic hydroxyl groups is 1. The second-order valence-electron chi connectivity index (χ2n) is 6.63. The summed E-state index contributed by atoms with van der Waals surface area (Å²) in [5.74, 6) is 0.408. The Bertz CT molecular complexity index is 707. The number of carbonyl (C=O) groups is 1. The van der Waals surface area contributed by atoms with Crippen LogP contribution in [0.15, 0.2) is 22.6 Å². The quantitative estimate of drug-likeness (QED) is 0.398. The molecular formula is C16H28N2O7S. The molecule has 0 aliphatic carbocycles. The van der Waals surface area contributed by atoms with Crippen molar-refractivity contribution in [2.75, 3.05) is 19.5 Å². The minimum Gasteiger partial charge on any atom is -0.630 e. The third-order valence-electron chi connectivity index (χ3n) is 2.79. The molecule has 1 atom stereocenters. The van der Waals surface area contributed by atoms with E-state index in [1.54, 1.807) is 39.0 Å². The van der Waals surface area contributed by atoms with E-state index in [1.807, 2.05) is 0 Å². The predicted molar refractivity (Wildman–Crippen MR) is 98.6 cm³/mol. The van der Waals surface area contributed by atoms with Crippen molar-refractivity contribution >= 4 is 21.5 Å². The van der Waals surface area contributed by atoms with Crippen molar-refractivity contribution in [1.82, 2.24) is 0 Å². The van der Waals surface area contributed by atoms with Gasteiger partial charge in [0, 0.05) is 31.4 Å². The molecule has 9 nitrogen and oxygen atoms in total. The van der Waals surface area contributed by atoms with Crippen molar-refractivity contribution in [2.45, 2.75) is 38.5 Å². The van der Waals surface area contributed by atoms with E-state index in [0.717, 1.165) is 0 Å². The van der Waals surface area contributed by atoms with Gasteiger partial charge in [-0.25, -0.2) is 9.00 Å². The average Bonchev–Trinajstić information content (AvgIpc) is 2.43. The molecule has 1 aromatic carbocycles. The second kappa shape index (κ2) is 10.4. The van der Waals surface area contributed by atoms with Gasteiger partial charge in [0.05, 0.1) is 22.1 Å². The number of aliphatic hydroxyl groups excluding tert-OH is 1. The van der Waals surface area contributed by atoms with E-state index in [4.69, 9.17) is 14.6 Å². The Labute approximate surface area is 153 Å². The van der Waals surface area contributed by atoms with Gasteiger partial charge in [0.2, 0.25) is 0 Å². The highest BCUT2D eigenvalue weighted by Gasteiger charge is 2.18. The van der Waals surface area contributed by atoms with E-state index in [-0.39, 0.29) is 17.8 Å². The molecule has 0 fully saturated rings. The number of hydrogen-bond acceptors (Lipinski definition) is 6. The van der Waals surface area contributed by atoms with E-state index < -0.39 is 21.4 Å². The average molecular weight is 392 g/mol. The summed E-state index contributed by atoms with van der Waals surface area (Å²) in [5.41, 5.74) is 0.860. The Hall–Kier alpha value is -1.72. The van der Waals surface area contributed by atoms with Gasteiger partial charge in [0.1, 0.15) is 17.0 Å². The molecule has 1 unspecified atom stereocenters. The highest BCUT2D eigenvalue weighted by Crippen LogP contribution is 2.21. The number of hydrogen-bond donors (Lipinski definition) is 2. The predicted octanol–water partition coefficient (Wildman–Crippen LogP) is 0.849. The van der Waals surface area contributed by atoms with Crippen molar-refractivity contribution in [3.8, 4) is 5.75 Å². The summed E-state index contributed by atoms with van der Waals surface area (Å²) < 4.78 is 26.8. The maximum atomic E-state index is 12.6. The first kappa shape index (κ1) is 24.3. The van der Waals surface area contributed by atoms with Crippen molar-refractivity contribution in [3.05, 3.63) is 29.0 Å². The topological polar surface area (TPSA) is 156 Å². The Balaban J connectivity index is 0.00000625. The van der Waals surface area contributed by atoms with Crippen LogP contribution in [0.25, 0.3) is 0 Å². The maximum Gasteiger partial charge on any atom is 0.442 e. The van der Waals surface area contributed by atoms with Gasteiger partial charge in [-0.05, 0) is 32.4 Å². The zero-order valence-electron chi connectivity index (χ0n) is 15.5. The first-order valence-corrected chi connectivity index (χ1v) is 9.89. The molecule has 1 amide bonds. The number of rotatable bonds is 7. The van der Waals surface area contributed by atoms with Gasteiger partial charge in [0.15, 0.2) is 0 Å². The standard InChI is InChI=1S/C16H26N2O6S.H2O/c1-16(2,3)24-15(20)18-25(4,22)11-12-8-13(17-21)10-14(9-12)23-7-5-6-19;/h8-10,19H,5-7,11,17H2,1-4H3;1H2. The number of benzene rings is 1. The Morgan fingerprint density at radius 3 is 2.54 bits per heavy atom. The van der Waals surface area contributed by atoms with E-state index in [9.17, 15) is 14.2 Å². The van der Waals surface area contributed by atoms with Crippen LogP contribution in [0.3, 0.4) is 0 Å². The smallest absolute Gasteiger partial charge is 0.442 e. The first-order valence-electron chi connectivity index (χ1n) is 7.80. The lowest BCUT2D eigenvalue weighted by molar-refractivity contribution is -0.497. The monoisotopic (exact) mass is 392 g/mol. The summed E-state index contributed by atoms with van der Waals surface area (Å²) in [6, 6.07) is 4.76. The van der Waals surface area contributed by atoms with Gasteiger partial charge in [-0.15, -0.1) is 4.36 Å². The van der Waals surface area contributed by atoms with Gasteiger partial charge in [-0.1, -0.05) is 0 Å². The summed E-state index contributed by atoms with van der Waals surface area (Å²) in [7, 11) is -2.88. The van der Waals surface area contributed by atoms with Crippen molar-refractivity contribution in [3.63, 3.8) is 0 Å². The fourth-order valence-electron chi connectivity index (χ4n) is 1.96. The number of nitrogens with two attached hydrogens (primary N) is 1. The number of nitrogens with zero attached hydrogens (tertiary/aromatic N) is 1. The molecule has 0 aliphatic heterocycles. The Morgan fingerprint density at radius 1 is 1.35 bits per heavy atom. The van der Waals surface area contributed by atoms with Gasteiger partial charge < -0.3 is 30.7 Å². The van der Waals surface area contributed by atoms with Crippen molar-refractivity contribution < 1.29 is 34.5 Å². The highest BCUT2D eigenvalue weighted by molar-refractivity contribution is 7.92. The molecule has 0 saturated heterocycles. The van der Waals surface area contributed by atoms with Crippen LogP contribution in [0.1, 0.15) is 32.8 Å². The van der Waals surface area contributed by atoms with Crippen LogP contribution in [-0.4, -0.2) is 46.0 Å². The fourth-order valence-corrected chi connectivity index (χ4v) is 3.16. The molecule has 0 aromatic heterocycles. The highest BCUT2D eigenvalue weighted by atomic mass is 32.2. The third-order valence-corrected chi connectivity index (χ3v) is 4.20. The van der Waals surface area contributed by atoms with Crippen LogP contribution >= 0.6 is 0 Å². The molecule has 0 spiro atoms. The molecule has 5 N–H and O–H groups in total. The van der Waals surface area contributed by atoms with Gasteiger partial charge in [0.25, 0.3) is 0 Å². The summed E-state index contributed by atoms with van der Waals surface area (Å²) >= 11 is 0. The lowest BCUT2D eigenvalue weighted by Crippen LogP contribution is -2.70. The fraction of sp³-hybridized carbons (Fsp3) is 0.562. The summed E-state index contributed by atoms with van der Waals surface area (Å²) in [4.78, 5) is 11.8. The van der Waals surface area contributed by atoms with Crippen LogP contribution in [0.2, 0.25) is 0 Å². The minimum atomic E-state index is -2.88. The zero-order valence-corrected chi connectivity index (χ0v) is 16.3. The summed E-state index contributed by atoms with van der Waals surface area (Å²) in [5, 5.41) is 19.9. The molecule has 0 bridgehead atoms. The molecule has 1 aromatic rings. The van der Waals surface area contributed by atoms with Gasteiger partial charge in [-0.3, -0.25) is 0 Å². The Kier molecular flexibility index (Phi) is 9.74. The second-order valence-corrected chi connectivity index (χ2v) is 9.02. The van der Waals surface area contributed by atoms with Crippen LogP contribution < -0.4 is 10.2 Å².